The molecule has 46 heavy (non-hydrogen) atoms. The van der Waals surface area contributed by atoms with Crippen LogP contribution in [-0.2, 0) is 6.54 Å². The first-order valence-electron chi connectivity index (χ1n) is 15.4. The van der Waals surface area contributed by atoms with E-state index in [1.165, 1.54) is 29.7 Å². The van der Waals surface area contributed by atoms with Gasteiger partial charge in [0, 0.05) is 48.1 Å². The Kier molecular flexibility index (Phi) is 10.9. The first-order chi connectivity index (χ1) is 22.1. The van der Waals surface area contributed by atoms with Crippen LogP contribution in [0.25, 0.3) is 21.7 Å². The lowest BCUT2D eigenvalue weighted by atomic mass is 10.0. The lowest BCUT2D eigenvalue weighted by Crippen LogP contribution is -2.39. The van der Waals surface area contributed by atoms with Gasteiger partial charge >= 0.3 is 6.36 Å². The van der Waals surface area contributed by atoms with Crippen LogP contribution in [0.5, 0.6) is 5.75 Å². The lowest BCUT2D eigenvalue weighted by Gasteiger charge is -2.30. The summed E-state index contributed by atoms with van der Waals surface area (Å²) in [7, 11) is 0. The number of hydrogen-bond donors (Lipinski definition) is 3. The van der Waals surface area contributed by atoms with Gasteiger partial charge in [0.2, 0.25) is 0 Å². The molecule has 0 spiro atoms. The zero-order valence-electron chi connectivity index (χ0n) is 25.9. The summed E-state index contributed by atoms with van der Waals surface area (Å²) in [5.41, 5.74) is 2.33. The smallest absolute Gasteiger partial charge is 0.405 e. The molecule has 0 bridgehead atoms. The largest absolute Gasteiger partial charge is 0.573 e. The van der Waals surface area contributed by atoms with Crippen LogP contribution in [0.15, 0.2) is 35.0 Å². The Labute approximate surface area is 274 Å². The third-order valence-electron chi connectivity index (χ3n) is 8.25. The molecule has 10 nitrogen and oxygen atoms in total. The molecule has 3 heterocycles. The maximum atomic E-state index is 13.2. The van der Waals surface area contributed by atoms with Crippen molar-refractivity contribution in [2.45, 2.75) is 90.2 Å². The SMILES string of the molecule is CCC(CC(C)N(CC)c1nc2ncc(C(=O)C3CC3)nc2s1)NCc1c(-c2ccccc2OC(F)(F)F)noc1C1CC1.NS. The van der Waals surface area contributed by atoms with Gasteiger partial charge in [0.1, 0.15) is 22.9 Å². The van der Waals surface area contributed by atoms with E-state index in [-0.39, 0.29) is 41.0 Å². The second-order valence-electron chi connectivity index (χ2n) is 11.6. The van der Waals surface area contributed by atoms with Crippen LogP contribution in [-0.4, -0.2) is 50.9 Å². The number of benzene rings is 1. The van der Waals surface area contributed by atoms with Crippen molar-refractivity contribution in [2.75, 3.05) is 11.4 Å². The highest BCUT2D eigenvalue weighted by molar-refractivity contribution is 7.77. The molecule has 2 aliphatic carbocycles. The van der Waals surface area contributed by atoms with Crippen molar-refractivity contribution in [3.63, 3.8) is 0 Å². The molecule has 0 amide bonds. The van der Waals surface area contributed by atoms with E-state index in [0.717, 1.165) is 61.5 Å². The molecule has 0 radical (unpaired) electrons. The van der Waals surface area contributed by atoms with Crippen molar-refractivity contribution >= 4 is 45.5 Å². The van der Waals surface area contributed by atoms with Crippen LogP contribution in [0.2, 0.25) is 0 Å². The number of nitrogens with zero attached hydrogens (tertiary/aromatic N) is 5. The Balaban J connectivity index is 0.00000204. The van der Waals surface area contributed by atoms with Gasteiger partial charge in [-0.05, 0) is 64.5 Å². The summed E-state index contributed by atoms with van der Waals surface area (Å²) in [5, 5.41) is 12.9. The molecule has 2 aliphatic rings. The van der Waals surface area contributed by atoms with Crippen LogP contribution in [0.1, 0.15) is 87.0 Å². The van der Waals surface area contributed by atoms with E-state index in [2.05, 4.69) is 68.8 Å². The monoisotopic (exact) mass is 677 g/mol. The molecule has 2 atom stereocenters. The fourth-order valence-corrected chi connectivity index (χ4v) is 6.63. The van der Waals surface area contributed by atoms with Crippen molar-refractivity contribution in [3.8, 4) is 17.0 Å². The summed E-state index contributed by atoms with van der Waals surface area (Å²) in [6, 6.07) is 6.24. The van der Waals surface area contributed by atoms with Crippen molar-refractivity contribution in [3.05, 3.63) is 47.5 Å². The highest BCUT2D eigenvalue weighted by Gasteiger charge is 2.36. The molecule has 1 aromatic carbocycles. The highest BCUT2D eigenvalue weighted by Crippen LogP contribution is 2.45. The number of alkyl halides is 3. The molecular formula is C31H38F3N7O3S2. The Bertz CT molecular complexity index is 1640. The quantitative estimate of drug-likeness (QED) is 0.0940. The van der Waals surface area contributed by atoms with Gasteiger partial charge in [-0.1, -0.05) is 35.5 Å². The number of anilines is 1. The molecule has 4 aromatic rings. The number of ether oxygens (including phenoxy) is 1. The zero-order valence-corrected chi connectivity index (χ0v) is 27.6. The predicted molar refractivity (Wildman–Crippen MR) is 174 cm³/mol. The molecule has 0 saturated heterocycles. The summed E-state index contributed by atoms with van der Waals surface area (Å²) in [6.45, 7) is 7.45. The van der Waals surface area contributed by atoms with Crippen LogP contribution >= 0.6 is 24.2 Å². The average Bonchev–Trinajstić information content (AvgIpc) is 3.98. The van der Waals surface area contributed by atoms with Gasteiger partial charge in [-0.15, -0.1) is 26.0 Å². The molecule has 15 heteroatoms. The molecule has 2 unspecified atom stereocenters. The Morgan fingerprint density at radius 1 is 1.20 bits per heavy atom. The number of carbonyl (C=O) groups excluding carboxylic acids is 1. The van der Waals surface area contributed by atoms with Crippen molar-refractivity contribution < 1.29 is 27.2 Å². The molecular weight excluding hydrogens is 640 g/mol. The van der Waals surface area contributed by atoms with Crippen molar-refractivity contribution in [1.82, 2.24) is 25.4 Å². The number of thiol groups is 1. The Morgan fingerprint density at radius 2 is 1.93 bits per heavy atom. The zero-order chi connectivity index (χ0) is 33.0. The number of fused-ring (bicyclic) bond motifs is 1. The predicted octanol–water partition coefficient (Wildman–Crippen LogP) is 7.07. The summed E-state index contributed by atoms with van der Waals surface area (Å²) in [5.74, 6) is 0.780. The number of nitrogens with one attached hydrogen (secondary N) is 1. The molecule has 248 valence electrons. The highest BCUT2D eigenvalue weighted by atomic mass is 32.1. The maximum absolute atomic E-state index is 13.2. The third-order valence-corrected chi connectivity index (χ3v) is 9.23. The second-order valence-corrected chi connectivity index (χ2v) is 12.5. The minimum absolute atomic E-state index is 0.0594. The number of hydrogen-bond acceptors (Lipinski definition) is 12. The number of para-hydroxylation sites is 1. The first-order valence-corrected chi connectivity index (χ1v) is 16.8. The van der Waals surface area contributed by atoms with Crippen LogP contribution in [0.4, 0.5) is 18.3 Å². The van der Waals surface area contributed by atoms with Gasteiger partial charge in [0.15, 0.2) is 21.4 Å². The molecule has 3 N–H and O–H groups in total. The van der Waals surface area contributed by atoms with E-state index < -0.39 is 6.36 Å². The first kappa shape index (κ1) is 34.1. The number of rotatable bonds is 14. The maximum Gasteiger partial charge on any atom is 0.573 e. The van der Waals surface area contributed by atoms with E-state index in [0.29, 0.717) is 28.4 Å². The Hall–Kier alpha value is -3.27. The fourth-order valence-electron chi connectivity index (χ4n) is 5.57. The van der Waals surface area contributed by atoms with E-state index in [9.17, 15) is 18.0 Å². The standard InChI is InChI=1S/C31H35F3N6O3S.H3NS/c1-4-20(14-17(3)40(5-2)30-38-28-29(44-30)37-23(16-36-28)26(41)18-10-11-18)35-15-22-25(39-43-27(22)19-12-13-19)21-8-6-7-9-24(21)42-31(32,33)34;1-2/h6-9,16-20,35H,4-5,10-15H2,1-3H3;2H,1H2. The number of Topliss-reactive ketones (excluding diaryl/α,β-unsaturated/α-hetero) is 1. The summed E-state index contributed by atoms with van der Waals surface area (Å²) in [6.07, 6.45) is 2.10. The van der Waals surface area contributed by atoms with Gasteiger partial charge < -0.3 is 19.5 Å². The molecule has 6 rings (SSSR count). The summed E-state index contributed by atoms with van der Waals surface area (Å²) in [4.78, 5) is 29.1. The fraction of sp³-hybridized carbons (Fsp3) is 0.516. The number of halogens is 3. The number of carbonyl (C=O) groups is 1. The van der Waals surface area contributed by atoms with Gasteiger partial charge in [-0.2, -0.15) is 4.98 Å². The van der Waals surface area contributed by atoms with Crippen LogP contribution in [0.3, 0.4) is 0 Å². The normalized spacial score (nSPS) is 16.1. The number of ketones is 1. The molecule has 2 fully saturated rings. The molecule has 3 aromatic heterocycles. The van der Waals surface area contributed by atoms with Crippen molar-refractivity contribution in [1.29, 1.82) is 0 Å². The van der Waals surface area contributed by atoms with Gasteiger partial charge in [-0.3, -0.25) is 9.93 Å². The van der Waals surface area contributed by atoms with E-state index in [4.69, 9.17) is 9.51 Å². The van der Waals surface area contributed by atoms with E-state index in [1.54, 1.807) is 12.1 Å². The van der Waals surface area contributed by atoms with Gasteiger partial charge in [-0.25, -0.2) is 9.97 Å². The third kappa shape index (κ3) is 7.99. The van der Waals surface area contributed by atoms with E-state index in [1.807, 2.05) is 0 Å². The van der Waals surface area contributed by atoms with Crippen LogP contribution in [0, 0.1) is 5.92 Å². The number of thiazole rings is 1. The molecule has 0 aliphatic heterocycles. The average molecular weight is 678 g/mol. The van der Waals surface area contributed by atoms with Gasteiger partial charge in [0.05, 0.1) is 6.20 Å². The topological polar surface area (TPSA) is 132 Å². The summed E-state index contributed by atoms with van der Waals surface area (Å²) >= 11 is 4.47. The van der Waals surface area contributed by atoms with Gasteiger partial charge in [0.25, 0.3) is 0 Å². The molecule has 2 saturated carbocycles. The minimum atomic E-state index is -4.82. The minimum Gasteiger partial charge on any atom is -0.405 e. The number of aromatic nitrogens is 4. The van der Waals surface area contributed by atoms with Crippen LogP contribution < -0.4 is 20.1 Å². The van der Waals surface area contributed by atoms with E-state index >= 15 is 0 Å². The lowest BCUT2D eigenvalue weighted by molar-refractivity contribution is -0.274. The number of nitrogens with two attached hydrogens (primary N) is 1. The second kappa shape index (κ2) is 14.7. The Morgan fingerprint density at radius 3 is 2.59 bits per heavy atom. The summed E-state index contributed by atoms with van der Waals surface area (Å²) < 4.78 is 49.5. The van der Waals surface area contributed by atoms with Crippen molar-refractivity contribution in [2.24, 2.45) is 11.1 Å².